The van der Waals surface area contributed by atoms with Gasteiger partial charge in [0.25, 0.3) is 5.91 Å². The number of carboxylic acid groups (broad SMARTS) is 1. The average molecular weight is 295 g/mol. The summed E-state index contributed by atoms with van der Waals surface area (Å²) in [4.78, 5) is 25.1. The first kappa shape index (κ1) is 14.3. The molecule has 0 saturated carbocycles. The fourth-order valence-corrected chi connectivity index (χ4v) is 2.87. The highest BCUT2D eigenvalue weighted by atomic mass is 16.4. The highest BCUT2D eigenvalue weighted by molar-refractivity contribution is 5.97. The molecule has 0 bridgehead atoms. The highest BCUT2D eigenvalue weighted by Gasteiger charge is 2.34. The van der Waals surface area contributed by atoms with Crippen LogP contribution in [0.2, 0.25) is 0 Å². The third-order valence-corrected chi connectivity index (χ3v) is 4.04. The largest absolute Gasteiger partial charge is 0.480 e. The van der Waals surface area contributed by atoms with Gasteiger partial charge < -0.3 is 10.0 Å². The normalized spacial score (nSPS) is 17.5. The maximum atomic E-state index is 12.5. The summed E-state index contributed by atoms with van der Waals surface area (Å²) < 4.78 is 0. The van der Waals surface area contributed by atoms with Crippen molar-refractivity contribution in [3.8, 4) is 11.1 Å². The maximum absolute atomic E-state index is 12.5. The molecule has 3 rings (SSSR count). The molecule has 1 amide bonds. The van der Waals surface area contributed by atoms with Gasteiger partial charge in [-0.25, -0.2) is 4.79 Å². The van der Waals surface area contributed by atoms with Crippen LogP contribution in [0.5, 0.6) is 0 Å². The van der Waals surface area contributed by atoms with E-state index in [9.17, 15) is 14.7 Å². The van der Waals surface area contributed by atoms with E-state index in [-0.39, 0.29) is 5.91 Å². The van der Waals surface area contributed by atoms with Crippen molar-refractivity contribution in [1.29, 1.82) is 0 Å². The van der Waals surface area contributed by atoms with Gasteiger partial charge in [0.2, 0.25) is 0 Å². The molecule has 4 nitrogen and oxygen atoms in total. The average Bonchev–Trinajstić information content (AvgIpc) is 3.05. The van der Waals surface area contributed by atoms with Gasteiger partial charge in [-0.3, -0.25) is 4.79 Å². The van der Waals surface area contributed by atoms with Crippen molar-refractivity contribution in [3.63, 3.8) is 0 Å². The Morgan fingerprint density at radius 3 is 2.23 bits per heavy atom. The second kappa shape index (κ2) is 6.02. The van der Waals surface area contributed by atoms with E-state index in [1.807, 2.05) is 42.5 Å². The SMILES string of the molecule is O=C(O)C1CCCN1C(=O)c1ccc(-c2ccccc2)cc1. The van der Waals surface area contributed by atoms with Gasteiger partial charge in [-0.05, 0) is 36.1 Å². The molecule has 112 valence electrons. The first-order valence-electron chi connectivity index (χ1n) is 7.36. The molecule has 1 fully saturated rings. The Morgan fingerprint density at radius 1 is 0.955 bits per heavy atom. The van der Waals surface area contributed by atoms with Crippen molar-refractivity contribution in [1.82, 2.24) is 4.90 Å². The molecule has 4 heteroatoms. The molecule has 2 aromatic rings. The van der Waals surface area contributed by atoms with Crippen LogP contribution in [0, 0.1) is 0 Å². The first-order valence-corrected chi connectivity index (χ1v) is 7.36. The number of aliphatic carboxylic acids is 1. The number of amides is 1. The summed E-state index contributed by atoms with van der Waals surface area (Å²) in [5.74, 6) is -1.13. The van der Waals surface area contributed by atoms with E-state index < -0.39 is 12.0 Å². The molecular formula is C18H17NO3. The van der Waals surface area contributed by atoms with Crippen LogP contribution in [0.15, 0.2) is 54.6 Å². The predicted octanol–water partition coefficient (Wildman–Crippen LogP) is 3.04. The molecule has 1 atom stereocenters. The van der Waals surface area contributed by atoms with Crippen LogP contribution in [-0.2, 0) is 4.79 Å². The third-order valence-electron chi connectivity index (χ3n) is 4.04. The molecule has 1 aliphatic rings. The van der Waals surface area contributed by atoms with E-state index in [0.29, 0.717) is 18.5 Å². The zero-order chi connectivity index (χ0) is 15.5. The van der Waals surface area contributed by atoms with Gasteiger partial charge in [0.05, 0.1) is 0 Å². The summed E-state index contributed by atoms with van der Waals surface area (Å²) in [7, 11) is 0. The van der Waals surface area contributed by atoms with Crippen molar-refractivity contribution in [3.05, 3.63) is 60.2 Å². The molecule has 1 unspecified atom stereocenters. The van der Waals surface area contributed by atoms with E-state index in [0.717, 1.165) is 17.5 Å². The molecule has 1 N–H and O–H groups in total. The number of rotatable bonds is 3. The minimum absolute atomic E-state index is 0.204. The topological polar surface area (TPSA) is 57.6 Å². The number of hydrogen-bond donors (Lipinski definition) is 1. The van der Waals surface area contributed by atoms with E-state index in [1.54, 1.807) is 12.1 Å². The monoisotopic (exact) mass is 295 g/mol. The summed E-state index contributed by atoms with van der Waals surface area (Å²) in [5, 5.41) is 9.18. The van der Waals surface area contributed by atoms with E-state index in [2.05, 4.69) is 0 Å². The minimum atomic E-state index is -0.924. The molecule has 1 aliphatic heterocycles. The zero-order valence-electron chi connectivity index (χ0n) is 12.1. The molecule has 0 spiro atoms. The van der Waals surface area contributed by atoms with Gasteiger partial charge in [0, 0.05) is 12.1 Å². The Morgan fingerprint density at radius 2 is 1.59 bits per heavy atom. The van der Waals surface area contributed by atoms with Gasteiger partial charge in [-0.15, -0.1) is 0 Å². The highest BCUT2D eigenvalue weighted by Crippen LogP contribution is 2.23. The molecular weight excluding hydrogens is 278 g/mol. The van der Waals surface area contributed by atoms with E-state index in [4.69, 9.17) is 0 Å². The van der Waals surface area contributed by atoms with Crippen molar-refractivity contribution >= 4 is 11.9 Å². The Bertz CT molecular complexity index is 679. The lowest BCUT2D eigenvalue weighted by Gasteiger charge is -2.21. The van der Waals surface area contributed by atoms with Crippen LogP contribution in [-0.4, -0.2) is 34.5 Å². The maximum Gasteiger partial charge on any atom is 0.326 e. The molecule has 1 heterocycles. The lowest BCUT2D eigenvalue weighted by atomic mass is 10.0. The number of carbonyl (C=O) groups excluding carboxylic acids is 1. The summed E-state index contributed by atoms with van der Waals surface area (Å²) in [6.07, 6.45) is 1.27. The minimum Gasteiger partial charge on any atom is -0.480 e. The van der Waals surface area contributed by atoms with Crippen molar-refractivity contribution in [2.24, 2.45) is 0 Å². The smallest absolute Gasteiger partial charge is 0.326 e. The molecule has 0 radical (unpaired) electrons. The molecule has 0 aromatic heterocycles. The van der Waals surface area contributed by atoms with E-state index >= 15 is 0 Å². The van der Waals surface area contributed by atoms with Crippen LogP contribution >= 0.6 is 0 Å². The second-order valence-electron chi connectivity index (χ2n) is 5.44. The fourth-order valence-electron chi connectivity index (χ4n) is 2.87. The standard InChI is InChI=1S/C18H17NO3/c20-17(19-12-4-7-16(19)18(21)22)15-10-8-14(9-11-15)13-5-2-1-3-6-13/h1-3,5-6,8-11,16H,4,7,12H2,(H,21,22). The van der Waals surface area contributed by atoms with Crippen LogP contribution < -0.4 is 0 Å². The lowest BCUT2D eigenvalue weighted by Crippen LogP contribution is -2.40. The van der Waals surface area contributed by atoms with Gasteiger partial charge in [-0.1, -0.05) is 42.5 Å². The van der Waals surface area contributed by atoms with Gasteiger partial charge in [-0.2, -0.15) is 0 Å². The molecule has 22 heavy (non-hydrogen) atoms. The van der Waals surface area contributed by atoms with Crippen LogP contribution in [0.1, 0.15) is 23.2 Å². The third kappa shape index (κ3) is 2.72. The second-order valence-corrected chi connectivity index (χ2v) is 5.44. The number of hydrogen-bond acceptors (Lipinski definition) is 2. The number of carbonyl (C=O) groups is 2. The van der Waals surface area contributed by atoms with Crippen LogP contribution in [0.25, 0.3) is 11.1 Å². The Balaban J connectivity index is 1.81. The summed E-state index contributed by atoms with van der Waals surface area (Å²) >= 11 is 0. The summed E-state index contributed by atoms with van der Waals surface area (Å²) in [6, 6.07) is 16.6. The lowest BCUT2D eigenvalue weighted by molar-refractivity contribution is -0.141. The predicted molar refractivity (Wildman–Crippen MR) is 83.6 cm³/mol. The van der Waals surface area contributed by atoms with Gasteiger partial charge in [0.15, 0.2) is 0 Å². The quantitative estimate of drug-likeness (QED) is 0.947. The number of nitrogens with zero attached hydrogens (tertiary/aromatic N) is 1. The van der Waals surface area contributed by atoms with Crippen LogP contribution in [0.4, 0.5) is 0 Å². The molecule has 2 aromatic carbocycles. The van der Waals surface area contributed by atoms with Crippen molar-refractivity contribution < 1.29 is 14.7 Å². The number of benzene rings is 2. The first-order chi connectivity index (χ1) is 10.7. The van der Waals surface area contributed by atoms with Crippen molar-refractivity contribution in [2.75, 3.05) is 6.54 Å². The van der Waals surface area contributed by atoms with Crippen molar-refractivity contribution in [2.45, 2.75) is 18.9 Å². The fraction of sp³-hybridized carbons (Fsp3) is 0.222. The van der Waals surface area contributed by atoms with E-state index in [1.165, 1.54) is 4.90 Å². The number of likely N-dealkylation sites (tertiary alicyclic amines) is 1. The summed E-state index contributed by atoms with van der Waals surface area (Å²) in [5.41, 5.74) is 2.66. The molecule has 0 aliphatic carbocycles. The zero-order valence-corrected chi connectivity index (χ0v) is 12.1. The van der Waals surface area contributed by atoms with Gasteiger partial charge in [0.1, 0.15) is 6.04 Å². The van der Waals surface area contributed by atoms with Gasteiger partial charge >= 0.3 is 5.97 Å². The Kier molecular flexibility index (Phi) is 3.92. The Hall–Kier alpha value is -2.62. The van der Waals surface area contributed by atoms with Crippen LogP contribution in [0.3, 0.4) is 0 Å². The Labute approximate surface area is 129 Å². The summed E-state index contributed by atoms with van der Waals surface area (Å²) in [6.45, 7) is 0.510. The number of carboxylic acids is 1. The molecule has 1 saturated heterocycles.